The summed E-state index contributed by atoms with van der Waals surface area (Å²) in [5.41, 5.74) is 3.93. The molecule has 0 unspecified atom stereocenters. The molecular formula is C15H15N. The predicted octanol–water partition coefficient (Wildman–Crippen LogP) is 3.55. The molecular weight excluding hydrogens is 194 g/mol. The molecule has 1 aromatic carbocycles. The maximum absolute atomic E-state index is 4.54. The SMILES string of the molecule is c1ccc(Cc2ccc(C3CC3)nc2)cc1. The standard InChI is InChI=1S/C15H15N/c1-2-4-12(5-3-1)10-13-6-9-15(16-11-13)14-7-8-14/h1-6,9,11,14H,7-8,10H2. The second-order valence-corrected chi connectivity index (χ2v) is 4.53. The predicted molar refractivity (Wildman–Crippen MR) is 65.5 cm³/mol. The van der Waals surface area contributed by atoms with Gasteiger partial charge in [-0.05, 0) is 36.5 Å². The van der Waals surface area contributed by atoms with Crippen LogP contribution in [0.2, 0.25) is 0 Å². The van der Waals surface area contributed by atoms with Crippen molar-refractivity contribution in [2.45, 2.75) is 25.2 Å². The lowest BCUT2D eigenvalue weighted by molar-refractivity contribution is 1.00. The molecule has 16 heavy (non-hydrogen) atoms. The lowest BCUT2D eigenvalue weighted by Gasteiger charge is -2.02. The van der Waals surface area contributed by atoms with Crippen LogP contribution in [-0.2, 0) is 6.42 Å². The van der Waals surface area contributed by atoms with Crippen LogP contribution in [-0.4, -0.2) is 4.98 Å². The van der Waals surface area contributed by atoms with E-state index in [-0.39, 0.29) is 0 Å². The zero-order chi connectivity index (χ0) is 10.8. The Hall–Kier alpha value is -1.63. The molecule has 0 saturated heterocycles. The third-order valence-electron chi connectivity index (χ3n) is 3.09. The largest absolute Gasteiger partial charge is 0.261 e. The number of hydrogen-bond donors (Lipinski definition) is 0. The van der Waals surface area contributed by atoms with Crippen LogP contribution in [0.1, 0.15) is 35.6 Å². The first kappa shape index (κ1) is 9.59. The van der Waals surface area contributed by atoms with E-state index in [1.807, 2.05) is 6.20 Å². The van der Waals surface area contributed by atoms with Crippen LogP contribution in [0, 0.1) is 0 Å². The van der Waals surface area contributed by atoms with Crippen LogP contribution in [0.4, 0.5) is 0 Å². The molecule has 0 radical (unpaired) electrons. The van der Waals surface area contributed by atoms with Gasteiger partial charge in [0, 0.05) is 17.8 Å². The van der Waals surface area contributed by atoms with E-state index in [4.69, 9.17) is 0 Å². The first-order chi connectivity index (χ1) is 7.92. The Labute approximate surface area is 96.2 Å². The quantitative estimate of drug-likeness (QED) is 0.753. The Kier molecular flexibility index (Phi) is 2.45. The Morgan fingerprint density at radius 3 is 2.38 bits per heavy atom. The van der Waals surface area contributed by atoms with Gasteiger partial charge in [-0.1, -0.05) is 36.4 Å². The molecule has 1 aliphatic rings. The summed E-state index contributed by atoms with van der Waals surface area (Å²) in [5.74, 6) is 0.755. The Morgan fingerprint density at radius 2 is 1.75 bits per heavy atom. The highest BCUT2D eigenvalue weighted by atomic mass is 14.7. The molecule has 1 aliphatic carbocycles. The molecule has 1 aromatic heterocycles. The normalized spacial score (nSPS) is 15.0. The summed E-state index contributed by atoms with van der Waals surface area (Å²) in [5, 5.41) is 0. The van der Waals surface area contributed by atoms with E-state index in [1.54, 1.807) is 0 Å². The van der Waals surface area contributed by atoms with Crippen LogP contribution < -0.4 is 0 Å². The van der Waals surface area contributed by atoms with Crippen molar-refractivity contribution in [3.8, 4) is 0 Å². The zero-order valence-corrected chi connectivity index (χ0v) is 9.26. The molecule has 3 rings (SSSR count). The number of rotatable bonds is 3. The van der Waals surface area contributed by atoms with E-state index in [1.165, 1.54) is 29.7 Å². The monoisotopic (exact) mass is 209 g/mol. The Bertz CT molecular complexity index is 455. The molecule has 0 bridgehead atoms. The summed E-state index contributed by atoms with van der Waals surface area (Å²) in [6.07, 6.45) is 5.66. The molecule has 1 heterocycles. The number of hydrogen-bond acceptors (Lipinski definition) is 1. The fourth-order valence-corrected chi connectivity index (χ4v) is 1.99. The van der Waals surface area contributed by atoms with Gasteiger partial charge in [0.2, 0.25) is 0 Å². The van der Waals surface area contributed by atoms with Crippen molar-refractivity contribution in [3.63, 3.8) is 0 Å². The maximum Gasteiger partial charge on any atom is 0.0434 e. The highest BCUT2D eigenvalue weighted by Crippen LogP contribution is 2.38. The summed E-state index contributed by atoms with van der Waals surface area (Å²) in [7, 11) is 0. The summed E-state index contributed by atoms with van der Waals surface area (Å²) in [6.45, 7) is 0. The van der Waals surface area contributed by atoms with Gasteiger partial charge in [0.1, 0.15) is 0 Å². The molecule has 1 saturated carbocycles. The molecule has 1 fully saturated rings. The number of nitrogens with zero attached hydrogens (tertiary/aromatic N) is 1. The van der Waals surface area contributed by atoms with Gasteiger partial charge in [-0.3, -0.25) is 4.98 Å². The van der Waals surface area contributed by atoms with Crippen molar-refractivity contribution in [2.24, 2.45) is 0 Å². The van der Waals surface area contributed by atoms with Crippen LogP contribution in [0.25, 0.3) is 0 Å². The first-order valence-corrected chi connectivity index (χ1v) is 5.90. The lowest BCUT2D eigenvalue weighted by Crippen LogP contribution is -1.91. The van der Waals surface area contributed by atoms with E-state index in [0.717, 1.165) is 12.3 Å². The summed E-state index contributed by atoms with van der Waals surface area (Å²) >= 11 is 0. The summed E-state index contributed by atoms with van der Waals surface area (Å²) in [6, 6.07) is 15.0. The molecule has 0 N–H and O–H groups in total. The molecule has 0 amide bonds. The Morgan fingerprint density at radius 1 is 0.938 bits per heavy atom. The van der Waals surface area contributed by atoms with E-state index in [9.17, 15) is 0 Å². The first-order valence-electron chi connectivity index (χ1n) is 5.90. The van der Waals surface area contributed by atoms with Crippen molar-refractivity contribution in [3.05, 3.63) is 65.5 Å². The van der Waals surface area contributed by atoms with Crippen molar-refractivity contribution < 1.29 is 0 Å². The fraction of sp³-hybridized carbons (Fsp3) is 0.267. The van der Waals surface area contributed by atoms with Crippen LogP contribution in [0.5, 0.6) is 0 Å². The van der Waals surface area contributed by atoms with Gasteiger partial charge in [-0.2, -0.15) is 0 Å². The number of pyridine rings is 1. The van der Waals surface area contributed by atoms with Gasteiger partial charge in [-0.25, -0.2) is 0 Å². The van der Waals surface area contributed by atoms with Crippen molar-refractivity contribution in [2.75, 3.05) is 0 Å². The minimum absolute atomic E-state index is 0.755. The second-order valence-electron chi connectivity index (χ2n) is 4.53. The van der Waals surface area contributed by atoms with Crippen molar-refractivity contribution in [1.82, 2.24) is 4.98 Å². The third-order valence-corrected chi connectivity index (χ3v) is 3.09. The van der Waals surface area contributed by atoms with Gasteiger partial charge >= 0.3 is 0 Å². The van der Waals surface area contributed by atoms with E-state index < -0.39 is 0 Å². The van der Waals surface area contributed by atoms with Gasteiger partial charge in [0.15, 0.2) is 0 Å². The van der Waals surface area contributed by atoms with E-state index in [0.29, 0.717) is 0 Å². The molecule has 2 aromatic rings. The molecule has 80 valence electrons. The fourth-order valence-electron chi connectivity index (χ4n) is 1.99. The van der Waals surface area contributed by atoms with Crippen LogP contribution >= 0.6 is 0 Å². The smallest absolute Gasteiger partial charge is 0.0434 e. The van der Waals surface area contributed by atoms with Gasteiger partial charge in [0.05, 0.1) is 0 Å². The van der Waals surface area contributed by atoms with Gasteiger partial charge in [-0.15, -0.1) is 0 Å². The molecule has 1 heteroatoms. The highest BCUT2D eigenvalue weighted by Gasteiger charge is 2.24. The van der Waals surface area contributed by atoms with E-state index >= 15 is 0 Å². The summed E-state index contributed by atoms with van der Waals surface area (Å²) in [4.78, 5) is 4.54. The third kappa shape index (κ3) is 2.13. The second kappa shape index (κ2) is 4.09. The number of aromatic nitrogens is 1. The zero-order valence-electron chi connectivity index (χ0n) is 9.26. The Balaban J connectivity index is 1.75. The number of benzene rings is 1. The summed E-state index contributed by atoms with van der Waals surface area (Å²) < 4.78 is 0. The molecule has 1 nitrogen and oxygen atoms in total. The average Bonchev–Trinajstić information content (AvgIpc) is 3.15. The maximum atomic E-state index is 4.54. The van der Waals surface area contributed by atoms with E-state index in [2.05, 4.69) is 47.4 Å². The van der Waals surface area contributed by atoms with Crippen LogP contribution in [0.15, 0.2) is 48.7 Å². The van der Waals surface area contributed by atoms with Crippen molar-refractivity contribution >= 4 is 0 Å². The average molecular weight is 209 g/mol. The lowest BCUT2D eigenvalue weighted by atomic mass is 10.1. The molecule has 0 aliphatic heterocycles. The topological polar surface area (TPSA) is 12.9 Å². The molecule has 0 spiro atoms. The minimum Gasteiger partial charge on any atom is -0.261 e. The minimum atomic E-state index is 0.755. The van der Waals surface area contributed by atoms with Gasteiger partial charge in [0.25, 0.3) is 0 Å². The highest BCUT2D eigenvalue weighted by molar-refractivity contribution is 5.26. The van der Waals surface area contributed by atoms with Gasteiger partial charge < -0.3 is 0 Å². The van der Waals surface area contributed by atoms with Crippen molar-refractivity contribution in [1.29, 1.82) is 0 Å². The van der Waals surface area contributed by atoms with Crippen LogP contribution in [0.3, 0.4) is 0 Å². The molecule has 0 atom stereocenters.